The number of nitrogens with two attached hydrogens (primary N) is 1. The van der Waals surface area contributed by atoms with Crippen molar-refractivity contribution in [1.82, 2.24) is 5.32 Å². The quantitative estimate of drug-likeness (QED) is 0.885. The van der Waals surface area contributed by atoms with Crippen molar-refractivity contribution >= 4 is 11.6 Å². The zero-order valence-corrected chi connectivity index (χ0v) is 12.7. The number of nitrogens with zero attached hydrogens (tertiary/aromatic N) is 1. The van der Waals surface area contributed by atoms with Crippen LogP contribution in [0.15, 0.2) is 41.0 Å². The second-order valence-electron chi connectivity index (χ2n) is 5.61. The van der Waals surface area contributed by atoms with E-state index >= 15 is 0 Å². The van der Waals surface area contributed by atoms with Gasteiger partial charge in [-0.3, -0.25) is 4.79 Å². The van der Waals surface area contributed by atoms with Gasteiger partial charge in [0.2, 0.25) is 0 Å². The highest BCUT2D eigenvalue weighted by molar-refractivity contribution is 5.95. The lowest BCUT2D eigenvalue weighted by atomic mass is 10.1. The van der Waals surface area contributed by atoms with Crippen molar-refractivity contribution in [1.29, 1.82) is 0 Å². The summed E-state index contributed by atoms with van der Waals surface area (Å²) >= 11 is 0. The summed E-state index contributed by atoms with van der Waals surface area (Å²) < 4.78 is 5.56. The first-order valence-corrected chi connectivity index (χ1v) is 7.60. The number of hydrogen-bond acceptors (Lipinski definition) is 4. The Kier molecular flexibility index (Phi) is 4.15. The fraction of sp³-hybridized carbons (Fsp3) is 0.353. The van der Waals surface area contributed by atoms with E-state index in [1.807, 2.05) is 6.07 Å². The summed E-state index contributed by atoms with van der Waals surface area (Å²) in [5.41, 5.74) is 8.58. The molecule has 3 N–H and O–H groups in total. The number of para-hydroxylation sites is 1. The molecule has 0 bridgehead atoms. The van der Waals surface area contributed by atoms with Crippen LogP contribution in [0.2, 0.25) is 0 Å². The van der Waals surface area contributed by atoms with Crippen molar-refractivity contribution in [2.75, 3.05) is 18.0 Å². The van der Waals surface area contributed by atoms with Crippen LogP contribution in [-0.2, 0) is 13.0 Å². The maximum Gasteiger partial charge on any atom is 0.254 e. The molecular weight excluding hydrogens is 278 g/mol. The highest BCUT2D eigenvalue weighted by Gasteiger charge is 2.27. The summed E-state index contributed by atoms with van der Waals surface area (Å²) in [4.78, 5) is 14.4. The number of nitrogens with one attached hydrogen (secondary N) is 1. The van der Waals surface area contributed by atoms with Crippen LogP contribution in [0.1, 0.15) is 28.6 Å². The monoisotopic (exact) mass is 299 g/mol. The predicted octanol–water partition coefficient (Wildman–Crippen LogP) is 1.92. The molecular formula is C17H21N3O2. The SMILES string of the molecule is CC1Cc2ccccc2N1Cc1occc1C(=O)NCCN. The van der Waals surface area contributed by atoms with Crippen molar-refractivity contribution in [2.45, 2.75) is 25.9 Å². The van der Waals surface area contributed by atoms with Crippen molar-refractivity contribution in [3.8, 4) is 0 Å². The van der Waals surface area contributed by atoms with Crippen LogP contribution in [-0.4, -0.2) is 25.0 Å². The number of fused-ring (bicyclic) bond motifs is 1. The van der Waals surface area contributed by atoms with Crippen molar-refractivity contribution in [2.24, 2.45) is 5.73 Å². The number of furan rings is 1. The van der Waals surface area contributed by atoms with Gasteiger partial charge in [0.1, 0.15) is 5.76 Å². The van der Waals surface area contributed by atoms with Crippen molar-refractivity contribution in [3.05, 3.63) is 53.5 Å². The van der Waals surface area contributed by atoms with Crippen molar-refractivity contribution < 1.29 is 9.21 Å². The standard InChI is InChI=1S/C17H21N3O2/c1-12-10-13-4-2-3-5-15(13)20(12)11-16-14(6-9-22-16)17(21)19-8-7-18/h2-6,9,12H,7-8,10-11,18H2,1H3,(H,19,21). The van der Waals surface area contributed by atoms with E-state index < -0.39 is 0 Å². The van der Waals surface area contributed by atoms with E-state index in [9.17, 15) is 4.79 Å². The Balaban J connectivity index is 1.80. The Morgan fingerprint density at radius 3 is 3.05 bits per heavy atom. The van der Waals surface area contributed by atoms with E-state index in [0.29, 0.717) is 37.0 Å². The molecule has 1 aliphatic heterocycles. The van der Waals surface area contributed by atoms with E-state index in [4.69, 9.17) is 10.2 Å². The van der Waals surface area contributed by atoms with Gasteiger partial charge in [0.05, 0.1) is 18.4 Å². The molecule has 1 aliphatic rings. The van der Waals surface area contributed by atoms with Crippen LogP contribution in [0.25, 0.3) is 0 Å². The molecule has 5 nitrogen and oxygen atoms in total. The van der Waals surface area contributed by atoms with Gasteiger partial charge in [-0.05, 0) is 31.0 Å². The Morgan fingerprint density at radius 2 is 2.23 bits per heavy atom. The number of rotatable bonds is 5. The van der Waals surface area contributed by atoms with E-state index in [1.54, 1.807) is 12.3 Å². The molecule has 2 heterocycles. The van der Waals surface area contributed by atoms with Gasteiger partial charge in [0.25, 0.3) is 5.91 Å². The molecule has 116 valence electrons. The molecule has 1 unspecified atom stereocenters. The molecule has 1 amide bonds. The average Bonchev–Trinajstić information content (AvgIpc) is 3.10. The van der Waals surface area contributed by atoms with Gasteiger partial charge in [-0.15, -0.1) is 0 Å². The molecule has 22 heavy (non-hydrogen) atoms. The molecule has 0 radical (unpaired) electrons. The summed E-state index contributed by atoms with van der Waals surface area (Å²) in [7, 11) is 0. The Morgan fingerprint density at radius 1 is 1.41 bits per heavy atom. The van der Waals surface area contributed by atoms with Crippen LogP contribution in [0.5, 0.6) is 0 Å². The topological polar surface area (TPSA) is 71.5 Å². The Bertz CT molecular complexity index is 665. The fourth-order valence-corrected chi connectivity index (χ4v) is 2.97. The minimum absolute atomic E-state index is 0.130. The van der Waals surface area contributed by atoms with Crippen LogP contribution in [0, 0.1) is 0 Å². The Hall–Kier alpha value is -2.27. The first-order valence-electron chi connectivity index (χ1n) is 7.60. The predicted molar refractivity (Wildman–Crippen MR) is 85.9 cm³/mol. The molecule has 2 aromatic rings. The lowest BCUT2D eigenvalue weighted by Gasteiger charge is -2.24. The van der Waals surface area contributed by atoms with Gasteiger partial charge in [-0.1, -0.05) is 18.2 Å². The van der Waals surface area contributed by atoms with Gasteiger partial charge in [0.15, 0.2) is 0 Å². The molecule has 1 atom stereocenters. The normalized spacial score (nSPS) is 16.6. The first kappa shape index (κ1) is 14.7. The molecule has 0 fully saturated rings. The lowest BCUT2D eigenvalue weighted by molar-refractivity contribution is 0.0952. The van der Waals surface area contributed by atoms with E-state index in [0.717, 1.165) is 6.42 Å². The highest BCUT2D eigenvalue weighted by Crippen LogP contribution is 2.33. The second-order valence-corrected chi connectivity index (χ2v) is 5.61. The number of carbonyl (C=O) groups is 1. The maximum absolute atomic E-state index is 12.1. The van der Waals surface area contributed by atoms with Crippen molar-refractivity contribution in [3.63, 3.8) is 0 Å². The third-order valence-corrected chi connectivity index (χ3v) is 4.08. The Labute approximate surface area is 130 Å². The molecule has 5 heteroatoms. The number of carbonyl (C=O) groups excluding carboxylic acids is 1. The van der Waals surface area contributed by atoms with Crippen LogP contribution in [0.3, 0.4) is 0 Å². The van der Waals surface area contributed by atoms with Gasteiger partial charge in [-0.25, -0.2) is 0 Å². The fourth-order valence-electron chi connectivity index (χ4n) is 2.97. The molecule has 0 saturated carbocycles. The number of amides is 1. The zero-order chi connectivity index (χ0) is 15.5. The molecule has 0 aliphatic carbocycles. The summed E-state index contributed by atoms with van der Waals surface area (Å²) in [6.07, 6.45) is 2.59. The second kappa shape index (κ2) is 6.23. The summed E-state index contributed by atoms with van der Waals surface area (Å²) in [5, 5.41) is 2.79. The summed E-state index contributed by atoms with van der Waals surface area (Å²) in [5.74, 6) is 0.562. The van der Waals surface area contributed by atoms with E-state index in [-0.39, 0.29) is 5.91 Å². The largest absolute Gasteiger partial charge is 0.467 e. The average molecular weight is 299 g/mol. The van der Waals surface area contributed by atoms with Crippen LogP contribution >= 0.6 is 0 Å². The summed E-state index contributed by atoms with van der Waals surface area (Å²) in [6, 6.07) is 10.5. The number of hydrogen-bond donors (Lipinski definition) is 2. The molecule has 1 aromatic carbocycles. The maximum atomic E-state index is 12.1. The molecule has 3 rings (SSSR count). The minimum atomic E-state index is -0.130. The smallest absolute Gasteiger partial charge is 0.254 e. The third kappa shape index (κ3) is 2.72. The molecule has 1 aromatic heterocycles. The highest BCUT2D eigenvalue weighted by atomic mass is 16.3. The van der Waals surface area contributed by atoms with Gasteiger partial charge >= 0.3 is 0 Å². The number of anilines is 1. The lowest BCUT2D eigenvalue weighted by Crippen LogP contribution is -2.32. The number of benzene rings is 1. The minimum Gasteiger partial charge on any atom is -0.467 e. The van der Waals surface area contributed by atoms with E-state index in [2.05, 4.69) is 35.3 Å². The molecule has 0 spiro atoms. The third-order valence-electron chi connectivity index (χ3n) is 4.08. The van der Waals surface area contributed by atoms with E-state index in [1.165, 1.54) is 11.3 Å². The van der Waals surface area contributed by atoms with Gasteiger partial charge < -0.3 is 20.4 Å². The van der Waals surface area contributed by atoms with Gasteiger partial charge in [-0.2, -0.15) is 0 Å². The van der Waals surface area contributed by atoms with Crippen LogP contribution in [0.4, 0.5) is 5.69 Å². The first-order chi connectivity index (χ1) is 10.7. The zero-order valence-electron chi connectivity index (χ0n) is 12.7. The molecule has 0 saturated heterocycles. The summed E-state index contributed by atoms with van der Waals surface area (Å²) in [6.45, 7) is 3.68. The van der Waals surface area contributed by atoms with Crippen LogP contribution < -0.4 is 16.0 Å². The van der Waals surface area contributed by atoms with Gasteiger partial charge in [0, 0.05) is 24.8 Å².